The molecule has 0 aromatic rings. The third-order valence-electron chi connectivity index (χ3n) is 1.16. The Hall–Kier alpha value is -0.110. The molecule has 0 radical (unpaired) electrons. The molecule has 1 heterocycles. The third-order valence-corrected chi connectivity index (χ3v) is 2.89. The van der Waals surface area contributed by atoms with E-state index in [0.717, 1.165) is 0 Å². The van der Waals surface area contributed by atoms with E-state index in [9.17, 15) is 25.8 Å². The van der Waals surface area contributed by atoms with E-state index in [1.165, 1.54) is 0 Å². The standard InChI is InChI=1S/C3H4F3O5PS/c4-3-2(10-12(5,6)7)1-13(8,9)11-3/h2-3H,1H2. The molecule has 0 aromatic heterocycles. The normalized spacial score (nSPS) is 33.5. The van der Waals surface area contributed by atoms with Crippen LogP contribution in [0.2, 0.25) is 0 Å². The molecule has 0 saturated carbocycles. The van der Waals surface area contributed by atoms with Gasteiger partial charge in [-0.05, 0) is 0 Å². The molecule has 2 atom stereocenters. The molecule has 1 aliphatic heterocycles. The van der Waals surface area contributed by atoms with E-state index in [0.29, 0.717) is 0 Å². The molecule has 13 heavy (non-hydrogen) atoms. The first-order valence-corrected chi connectivity index (χ1v) is 5.91. The van der Waals surface area contributed by atoms with Crippen LogP contribution in [0.5, 0.6) is 0 Å². The van der Waals surface area contributed by atoms with Crippen molar-refractivity contribution in [3.8, 4) is 0 Å². The number of halogens is 3. The van der Waals surface area contributed by atoms with Crippen molar-refractivity contribution in [2.24, 2.45) is 0 Å². The molecule has 78 valence electrons. The van der Waals surface area contributed by atoms with Crippen LogP contribution in [-0.4, -0.2) is 26.6 Å². The Morgan fingerprint density at radius 3 is 2.31 bits per heavy atom. The minimum atomic E-state index is -5.89. The number of alkyl halides is 1. The van der Waals surface area contributed by atoms with Crippen LogP contribution < -0.4 is 0 Å². The van der Waals surface area contributed by atoms with Crippen LogP contribution in [0.3, 0.4) is 0 Å². The fourth-order valence-corrected chi connectivity index (χ4v) is 2.44. The summed E-state index contributed by atoms with van der Waals surface area (Å²) < 4.78 is 73.6. The minimum Gasteiger partial charge on any atom is -0.270 e. The largest absolute Gasteiger partial charge is 0.552 e. The van der Waals surface area contributed by atoms with E-state index in [1.54, 1.807) is 0 Å². The zero-order chi connectivity index (χ0) is 10.3. The zero-order valence-corrected chi connectivity index (χ0v) is 7.60. The first-order valence-electron chi connectivity index (χ1n) is 2.92. The minimum absolute atomic E-state index is 1.06. The second-order valence-electron chi connectivity index (χ2n) is 2.23. The lowest BCUT2D eigenvalue weighted by molar-refractivity contribution is -0.000872. The summed E-state index contributed by atoms with van der Waals surface area (Å²) in [7, 11) is -10.1. The maximum atomic E-state index is 12.4. The summed E-state index contributed by atoms with van der Waals surface area (Å²) in [6.07, 6.45) is -4.55. The summed E-state index contributed by atoms with van der Waals surface area (Å²) in [6, 6.07) is 0. The van der Waals surface area contributed by atoms with Crippen LogP contribution in [0.1, 0.15) is 0 Å². The van der Waals surface area contributed by atoms with Crippen molar-refractivity contribution in [2.75, 3.05) is 5.75 Å². The first-order chi connectivity index (χ1) is 5.70. The Kier molecular flexibility index (Phi) is 2.73. The Morgan fingerprint density at radius 1 is 1.46 bits per heavy atom. The average Bonchev–Trinajstić information content (AvgIpc) is 2.00. The summed E-state index contributed by atoms with van der Waals surface area (Å²) in [4.78, 5) is 0. The molecule has 0 amide bonds. The third kappa shape index (κ3) is 3.26. The topological polar surface area (TPSA) is 69.7 Å². The molecule has 0 aromatic carbocycles. The monoisotopic (exact) mass is 240 g/mol. The molecule has 10 heteroatoms. The molecule has 0 N–H and O–H groups in total. The molecule has 0 bridgehead atoms. The van der Waals surface area contributed by atoms with Crippen LogP contribution in [-0.2, 0) is 23.4 Å². The van der Waals surface area contributed by atoms with Crippen molar-refractivity contribution in [1.29, 1.82) is 0 Å². The van der Waals surface area contributed by atoms with E-state index in [1.807, 2.05) is 0 Å². The van der Waals surface area contributed by atoms with E-state index in [-0.39, 0.29) is 0 Å². The van der Waals surface area contributed by atoms with Crippen molar-refractivity contribution in [3.05, 3.63) is 0 Å². The molecule has 2 unspecified atom stereocenters. The fourth-order valence-electron chi connectivity index (χ4n) is 0.754. The lowest BCUT2D eigenvalue weighted by atomic mass is 10.4. The second-order valence-corrected chi connectivity index (χ2v) is 4.91. The number of hydrogen-bond donors (Lipinski definition) is 0. The predicted molar refractivity (Wildman–Crippen MR) is 34.5 cm³/mol. The van der Waals surface area contributed by atoms with Crippen LogP contribution >= 0.6 is 7.99 Å². The fraction of sp³-hybridized carbons (Fsp3) is 1.00. The van der Waals surface area contributed by atoms with Gasteiger partial charge < -0.3 is 0 Å². The Morgan fingerprint density at radius 2 is 2.00 bits per heavy atom. The first kappa shape index (κ1) is 11.0. The molecular weight excluding hydrogens is 236 g/mol. The summed E-state index contributed by atoms with van der Waals surface area (Å²) in [5.74, 6) is -1.06. The van der Waals surface area contributed by atoms with Gasteiger partial charge in [0.1, 0.15) is 11.9 Å². The van der Waals surface area contributed by atoms with Gasteiger partial charge in [0.15, 0.2) is 0 Å². The van der Waals surface area contributed by atoms with Gasteiger partial charge in [0.05, 0.1) is 0 Å². The molecule has 0 spiro atoms. The van der Waals surface area contributed by atoms with Gasteiger partial charge in [-0.15, -0.1) is 8.39 Å². The van der Waals surface area contributed by atoms with E-state index < -0.39 is 36.3 Å². The van der Waals surface area contributed by atoms with Gasteiger partial charge >= 0.3 is 7.99 Å². The van der Waals surface area contributed by atoms with E-state index in [2.05, 4.69) is 8.71 Å². The Bertz CT molecular complexity index is 335. The maximum absolute atomic E-state index is 12.4. The molecular formula is C3H4F3O5PS. The summed E-state index contributed by atoms with van der Waals surface area (Å²) in [6.45, 7) is 0. The number of rotatable bonds is 2. The van der Waals surface area contributed by atoms with Gasteiger partial charge in [-0.25, -0.2) is 13.1 Å². The highest BCUT2D eigenvalue weighted by Gasteiger charge is 2.44. The van der Waals surface area contributed by atoms with Gasteiger partial charge in [-0.2, -0.15) is 8.42 Å². The summed E-state index contributed by atoms with van der Waals surface area (Å²) in [5, 5.41) is 0. The Balaban J connectivity index is 2.70. The lowest BCUT2D eigenvalue weighted by Gasteiger charge is -2.07. The van der Waals surface area contributed by atoms with Gasteiger partial charge in [0.25, 0.3) is 10.1 Å². The van der Waals surface area contributed by atoms with Gasteiger partial charge in [-0.1, -0.05) is 0 Å². The lowest BCUT2D eigenvalue weighted by Crippen LogP contribution is -2.20. The quantitative estimate of drug-likeness (QED) is 0.533. The van der Waals surface area contributed by atoms with Crippen molar-refractivity contribution in [2.45, 2.75) is 12.5 Å². The molecule has 0 aliphatic carbocycles. The second kappa shape index (κ2) is 3.23. The van der Waals surface area contributed by atoms with Crippen molar-refractivity contribution < 1.29 is 34.5 Å². The summed E-state index contributed by atoms with van der Waals surface area (Å²) in [5.41, 5.74) is 0. The molecule has 1 rings (SSSR count). The van der Waals surface area contributed by atoms with Crippen molar-refractivity contribution >= 4 is 18.1 Å². The van der Waals surface area contributed by atoms with Crippen LogP contribution in [0, 0.1) is 0 Å². The maximum Gasteiger partial charge on any atom is 0.552 e. The highest BCUT2D eigenvalue weighted by atomic mass is 32.2. The van der Waals surface area contributed by atoms with Gasteiger partial charge in [-0.3, -0.25) is 4.52 Å². The van der Waals surface area contributed by atoms with Crippen molar-refractivity contribution in [1.82, 2.24) is 0 Å². The predicted octanol–water partition coefficient (Wildman–Crippen LogP) is 1.07. The SMILES string of the molecule is O=P(F)(F)OC1CS(=O)(=O)OC1F. The Labute approximate surface area is 71.6 Å². The highest BCUT2D eigenvalue weighted by molar-refractivity contribution is 7.87. The summed E-state index contributed by atoms with van der Waals surface area (Å²) >= 11 is 0. The molecule has 1 aliphatic rings. The molecule has 1 saturated heterocycles. The van der Waals surface area contributed by atoms with Crippen LogP contribution in [0.4, 0.5) is 12.8 Å². The molecule has 1 fully saturated rings. The smallest absolute Gasteiger partial charge is 0.270 e. The van der Waals surface area contributed by atoms with Crippen molar-refractivity contribution in [3.63, 3.8) is 0 Å². The van der Waals surface area contributed by atoms with Crippen LogP contribution in [0.15, 0.2) is 0 Å². The van der Waals surface area contributed by atoms with Crippen LogP contribution in [0.25, 0.3) is 0 Å². The van der Waals surface area contributed by atoms with E-state index in [4.69, 9.17) is 0 Å². The average molecular weight is 240 g/mol. The highest BCUT2D eigenvalue weighted by Crippen LogP contribution is 2.52. The van der Waals surface area contributed by atoms with Gasteiger partial charge in [0, 0.05) is 0 Å². The molecule has 5 nitrogen and oxygen atoms in total. The van der Waals surface area contributed by atoms with E-state index >= 15 is 0 Å². The van der Waals surface area contributed by atoms with Gasteiger partial charge in [0.2, 0.25) is 6.36 Å². The zero-order valence-electron chi connectivity index (χ0n) is 5.89. The number of hydrogen-bond acceptors (Lipinski definition) is 5.